The van der Waals surface area contributed by atoms with Crippen molar-refractivity contribution in [1.82, 2.24) is 9.80 Å². The Morgan fingerprint density at radius 1 is 1.37 bits per heavy atom. The molecule has 1 rings (SSSR count). The van der Waals surface area contributed by atoms with Crippen molar-refractivity contribution < 1.29 is 9.59 Å². The second-order valence-electron chi connectivity index (χ2n) is 4.69. The van der Waals surface area contributed by atoms with Gasteiger partial charge in [0.2, 0.25) is 11.8 Å². The van der Waals surface area contributed by atoms with Crippen molar-refractivity contribution in [3.05, 3.63) is 0 Å². The first-order valence-corrected chi connectivity index (χ1v) is 8.04. The maximum atomic E-state index is 11.9. The van der Waals surface area contributed by atoms with E-state index in [1.807, 2.05) is 23.6 Å². The number of hydrogen-bond acceptors (Lipinski definition) is 4. The fourth-order valence-corrected chi connectivity index (χ4v) is 3.47. The molecule has 0 aromatic rings. The fourth-order valence-electron chi connectivity index (χ4n) is 2.29. The highest BCUT2D eigenvalue weighted by Gasteiger charge is 2.24. The number of nitrogens with two attached hydrogens (primary N) is 1. The van der Waals surface area contributed by atoms with Gasteiger partial charge >= 0.3 is 0 Å². The zero-order valence-electron chi connectivity index (χ0n) is 11.9. The van der Waals surface area contributed by atoms with Crippen LogP contribution in [0.15, 0.2) is 0 Å². The molecule has 1 aliphatic rings. The van der Waals surface area contributed by atoms with Crippen molar-refractivity contribution in [2.24, 2.45) is 5.73 Å². The third kappa shape index (κ3) is 5.03. The minimum atomic E-state index is 0.0142. The van der Waals surface area contributed by atoms with Crippen LogP contribution in [0.3, 0.4) is 0 Å². The average molecular weight is 287 g/mol. The Hall–Kier alpha value is -0.750. The zero-order chi connectivity index (χ0) is 14.3. The number of likely N-dealkylation sites (tertiary alicyclic amines) is 1. The molecular weight excluding hydrogens is 262 g/mol. The molecule has 2 amide bonds. The number of carbonyl (C=O) groups excluding carboxylic acids is 2. The van der Waals surface area contributed by atoms with Gasteiger partial charge in [0.25, 0.3) is 0 Å². The van der Waals surface area contributed by atoms with Gasteiger partial charge in [0.05, 0.1) is 12.3 Å². The lowest BCUT2D eigenvalue weighted by molar-refractivity contribution is -0.130. The predicted molar refractivity (Wildman–Crippen MR) is 79.0 cm³/mol. The highest BCUT2D eigenvalue weighted by atomic mass is 32.2. The van der Waals surface area contributed by atoms with E-state index in [1.54, 1.807) is 11.8 Å². The third-order valence-electron chi connectivity index (χ3n) is 3.46. The molecule has 19 heavy (non-hydrogen) atoms. The van der Waals surface area contributed by atoms with Crippen molar-refractivity contribution in [3.8, 4) is 0 Å². The van der Waals surface area contributed by atoms with E-state index in [4.69, 9.17) is 5.73 Å². The van der Waals surface area contributed by atoms with Crippen LogP contribution in [-0.2, 0) is 9.59 Å². The summed E-state index contributed by atoms with van der Waals surface area (Å²) in [4.78, 5) is 27.2. The quantitative estimate of drug-likeness (QED) is 0.774. The Labute approximate surface area is 119 Å². The van der Waals surface area contributed by atoms with Gasteiger partial charge < -0.3 is 15.5 Å². The Kier molecular flexibility index (Phi) is 7.23. The number of rotatable bonds is 6. The van der Waals surface area contributed by atoms with Gasteiger partial charge in [-0.15, -0.1) is 11.8 Å². The van der Waals surface area contributed by atoms with Crippen molar-refractivity contribution in [1.29, 1.82) is 0 Å². The second-order valence-corrected chi connectivity index (χ2v) is 5.97. The summed E-state index contributed by atoms with van der Waals surface area (Å²) in [6, 6.07) is 0. The van der Waals surface area contributed by atoms with Crippen LogP contribution in [0, 0.1) is 0 Å². The minimum Gasteiger partial charge on any atom is -0.343 e. The van der Waals surface area contributed by atoms with Gasteiger partial charge in [0.1, 0.15) is 0 Å². The summed E-state index contributed by atoms with van der Waals surface area (Å²) in [5.74, 6) is 0.717. The molecule has 1 saturated heterocycles. The van der Waals surface area contributed by atoms with Crippen molar-refractivity contribution >= 4 is 23.6 Å². The van der Waals surface area contributed by atoms with Gasteiger partial charge in [-0.1, -0.05) is 0 Å². The Balaban J connectivity index is 2.36. The van der Waals surface area contributed by atoms with E-state index in [2.05, 4.69) is 0 Å². The Morgan fingerprint density at radius 2 is 2.05 bits per heavy atom. The SMILES string of the molecule is CCN(CC)C(=O)CSC1CCCN(C(=O)CN)C1. The molecular formula is C13H25N3O2S. The highest BCUT2D eigenvalue weighted by molar-refractivity contribution is 8.00. The van der Waals surface area contributed by atoms with Crippen LogP contribution in [0.1, 0.15) is 26.7 Å². The second kappa shape index (κ2) is 8.43. The summed E-state index contributed by atoms with van der Waals surface area (Å²) >= 11 is 1.67. The first-order chi connectivity index (χ1) is 9.12. The largest absolute Gasteiger partial charge is 0.343 e. The summed E-state index contributed by atoms with van der Waals surface area (Å²) in [6.45, 7) is 7.12. The predicted octanol–water partition coefficient (Wildman–Crippen LogP) is 0.538. The lowest BCUT2D eigenvalue weighted by Crippen LogP contribution is -2.44. The lowest BCUT2D eigenvalue weighted by atomic mass is 10.1. The molecule has 0 aromatic heterocycles. The molecule has 110 valence electrons. The van der Waals surface area contributed by atoms with Gasteiger partial charge in [0, 0.05) is 31.4 Å². The maximum Gasteiger partial charge on any atom is 0.236 e. The first kappa shape index (κ1) is 16.3. The molecule has 0 bridgehead atoms. The maximum absolute atomic E-state index is 11.9. The van der Waals surface area contributed by atoms with Crippen LogP contribution in [0.25, 0.3) is 0 Å². The molecule has 0 aromatic carbocycles. The monoisotopic (exact) mass is 287 g/mol. The van der Waals surface area contributed by atoms with Crippen molar-refractivity contribution in [3.63, 3.8) is 0 Å². The van der Waals surface area contributed by atoms with Gasteiger partial charge in [-0.2, -0.15) is 0 Å². The fraction of sp³-hybridized carbons (Fsp3) is 0.846. The van der Waals surface area contributed by atoms with E-state index in [9.17, 15) is 9.59 Å². The molecule has 0 radical (unpaired) electrons. The molecule has 1 atom stereocenters. The normalized spacial score (nSPS) is 19.3. The van der Waals surface area contributed by atoms with E-state index in [0.717, 1.165) is 39.0 Å². The highest BCUT2D eigenvalue weighted by Crippen LogP contribution is 2.22. The van der Waals surface area contributed by atoms with Gasteiger partial charge in [-0.3, -0.25) is 9.59 Å². The number of hydrogen-bond donors (Lipinski definition) is 1. The smallest absolute Gasteiger partial charge is 0.236 e. The minimum absolute atomic E-state index is 0.0142. The van der Waals surface area contributed by atoms with Crippen LogP contribution in [0.4, 0.5) is 0 Å². The van der Waals surface area contributed by atoms with E-state index in [-0.39, 0.29) is 18.4 Å². The summed E-state index contributed by atoms with van der Waals surface area (Å²) in [6.07, 6.45) is 2.08. The summed E-state index contributed by atoms with van der Waals surface area (Å²) in [5, 5.41) is 0.365. The van der Waals surface area contributed by atoms with E-state index in [0.29, 0.717) is 11.0 Å². The van der Waals surface area contributed by atoms with Crippen LogP contribution in [0.5, 0.6) is 0 Å². The average Bonchev–Trinajstić information content (AvgIpc) is 2.45. The zero-order valence-corrected chi connectivity index (χ0v) is 12.7. The van der Waals surface area contributed by atoms with Gasteiger partial charge in [-0.05, 0) is 26.7 Å². The van der Waals surface area contributed by atoms with Crippen LogP contribution >= 0.6 is 11.8 Å². The lowest BCUT2D eigenvalue weighted by Gasteiger charge is -2.32. The van der Waals surface area contributed by atoms with Gasteiger partial charge in [-0.25, -0.2) is 0 Å². The molecule has 1 aliphatic heterocycles. The first-order valence-electron chi connectivity index (χ1n) is 6.99. The topological polar surface area (TPSA) is 66.6 Å². The number of nitrogens with zero attached hydrogens (tertiary/aromatic N) is 2. The summed E-state index contributed by atoms with van der Waals surface area (Å²) in [5.41, 5.74) is 5.39. The van der Waals surface area contributed by atoms with Crippen LogP contribution in [0.2, 0.25) is 0 Å². The van der Waals surface area contributed by atoms with Crippen LogP contribution < -0.4 is 5.73 Å². The molecule has 6 heteroatoms. The Bertz CT molecular complexity index is 308. The van der Waals surface area contributed by atoms with Crippen molar-refractivity contribution in [2.45, 2.75) is 31.9 Å². The van der Waals surface area contributed by atoms with E-state index < -0.39 is 0 Å². The summed E-state index contributed by atoms with van der Waals surface area (Å²) in [7, 11) is 0. The molecule has 0 saturated carbocycles. The van der Waals surface area contributed by atoms with Gasteiger partial charge in [0.15, 0.2) is 0 Å². The molecule has 1 fully saturated rings. The number of amides is 2. The molecule has 0 aliphatic carbocycles. The molecule has 0 spiro atoms. The summed E-state index contributed by atoms with van der Waals surface area (Å²) < 4.78 is 0. The van der Waals surface area contributed by atoms with Crippen LogP contribution in [-0.4, -0.2) is 65.3 Å². The van der Waals surface area contributed by atoms with E-state index in [1.165, 1.54) is 0 Å². The Morgan fingerprint density at radius 3 is 2.63 bits per heavy atom. The molecule has 1 heterocycles. The molecule has 1 unspecified atom stereocenters. The third-order valence-corrected chi connectivity index (χ3v) is 4.73. The van der Waals surface area contributed by atoms with Crippen molar-refractivity contribution in [2.75, 3.05) is 38.5 Å². The molecule has 2 N–H and O–H groups in total. The number of piperidine rings is 1. The number of thioether (sulfide) groups is 1. The standard InChI is InChI=1S/C13H25N3O2S/c1-3-15(4-2)13(18)10-19-11-6-5-7-16(9-11)12(17)8-14/h11H,3-10,14H2,1-2H3. The number of carbonyl (C=O) groups is 2. The molecule has 5 nitrogen and oxygen atoms in total. The van der Waals surface area contributed by atoms with E-state index >= 15 is 0 Å².